The van der Waals surface area contributed by atoms with E-state index in [1.807, 2.05) is 0 Å². The summed E-state index contributed by atoms with van der Waals surface area (Å²) in [5, 5.41) is 7.56. The van der Waals surface area contributed by atoms with Crippen LogP contribution in [0, 0.1) is 0 Å². The highest BCUT2D eigenvalue weighted by Crippen LogP contribution is 2.35. The van der Waals surface area contributed by atoms with Crippen molar-refractivity contribution in [2.24, 2.45) is 0 Å². The van der Waals surface area contributed by atoms with E-state index in [0.29, 0.717) is 33.9 Å². The molecule has 1 unspecified atom stereocenters. The highest BCUT2D eigenvalue weighted by Gasteiger charge is 2.40. The molecule has 1 aliphatic heterocycles. The van der Waals surface area contributed by atoms with Crippen molar-refractivity contribution in [3.05, 3.63) is 120 Å². The van der Waals surface area contributed by atoms with Crippen molar-refractivity contribution in [2.45, 2.75) is 23.5 Å². The van der Waals surface area contributed by atoms with Crippen LogP contribution in [0.3, 0.4) is 0 Å². The number of methoxy groups -OCH3 is 1. The number of carbonyl (C=O) groups is 5. The van der Waals surface area contributed by atoms with Gasteiger partial charge in [0.25, 0.3) is 11.8 Å². The topological polar surface area (TPSA) is 134 Å². The van der Waals surface area contributed by atoms with Crippen LogP contribution in [0.15, 0.2) is 114 Å². The van der Waals surface area contributed by atoms with Crippen molar-refractivity contribution in [3.63, 3.8) is 0 Å². The molecule has 0 aliphatic carbocycles. The Bertz CT molecular complexity index is 1810. The summed E-state index contributed by atoms with van der Waals surface area (Å²) in [5.74, 6) is -1.24. The van der Waals surface area contributed by atoms with Crippen LogP contribution in [0.1, 0.15) is 29.3 Å². The third-order valence-corrected chi connectivity index (χ3v) is 8.07. The van der Waals surface area contributed by atoms with Crippen molar-refractivity contribution in [3.8, 4) is 5.75 Å². The fourth-order valence-corrected chi connectivity index (χ4v) is 5.74. The van der Waals surface area contributed by atoms with Gasteiger partial charge < -0.3 is 20.7 Å². The standard InChI is InChI=1S/C35H30N4O6S/c1-22(40)36-25-11-15-27(16-12-25)39-32(41)21-31(35(39)44)46-29-17-13-26(14-18-29)37-34(43)30(20-23-7-6-10-28(19-23)45-2)38-33(42)24-8-4-3-5-9-24/h3-20,31H,21H2,1-2H3,(H,36,40)(H,37,43)(H,38,42)/b30-20-. The Morgan fingerprint density at radius 2 is 1.52 bits per heavy atom. The van der Waals surface area contributed by atoms with Crippen LogP contribution >= 0.6 is 11.8 Å². The third kappa shape index (κ3) is 7.88. The van der Waals surface area contributed by atoms with E-state index in [-0.39, 0.29) is 29.8 Å². The molecular weight excluding hydrogens is 604 g/mol. The van der Waals surface area contributed by atoms with E-state index in [0.717, 1.165) is 9.80 Å². The van der Waals surface area contributed by atoms with Crippen LogP contribution < -0.4 is 25.6 Å². The molecule has 4 aromatic carbocycles. The summed E-state index contributed by atoms with van der Waals surface area (Å²) in [6.45, 7) is 1.40. The van der Waals surface area contributed by atoms with Crippen molar-refractivity contribution < 1.29 is 28.7 Å². The van der Waals surface area contributed by atoms with Crippen LogP contribution in [-0.4, -0.2) is 41.9 Å². The van der Waals surface area contributed by atoms with Gasteiger partial charge in [-0.05, 0) is 84.4 Å². The molecule has 0 radical (unpaired) electrons. The van der Waals surface area contributed by atoms with E-state index in [1.54, 1.807) is 116 Å². The minimum atomic E-state index is -0.617. The number of amides is 5. The van der Waals surface area contributed by atoms with Gasteiger partial charge in [0.2, 0.25) is 17.7 Å². The van der Waals surface area contributed by atoms with E-state index in [2.05, 4.69) is 16.0 Å². The van der Waals surface area contributed by atoms with E-state index >= 15 is 0 Å². The quantitative estimate of drug-likeness (QED) is 0.155. The summed E-state index contributed by atoms with van der Waals surface area (Å²) in [4.78, 5) is 65.4. The molecule has 11 heteroatoms. The molecule has 0 aromatic heterocycles. The molecule has 1 aliphatic rings. The summed E-state index contributed by atoms with van der Waals surface area (Å²) in [7, 11) is 1.54. The van der Waals surface area contributed by atoms with Gasteiger partial charge >= 0.3 is 0 Å². The number of carbonyl (C=O) groups excluding carboxylic acids is 5. The molecular formula is C35H30N4O6S. The monoisotopic (exact) mass is 634 g/mol. The van der Waals surface area contributed by atoms with Gasteiger partial charge in [-0.2, -0.15) is 0 Å². The van der Waals surface area contributed by atoms with Crippen molar-refractivity contribution in [1.82, 2.24) is 5.32 Å². The Balaban J connectivity index is 1.26. The largest absolute Gasteiger partial charge is 0.497 e. The summed E-state index contributed by atoms with van der Waals surface area (Å²) < 4.78 is 5.28. The van der Waals surface area contributed by atoms with Crippen molar-refractivity contribution in [1.29, 1.82) is 0 Å². The second-order valence-electron chi connectivity index (χ2n) is 10.2. The first-order chi connectivity index (χ1) is 22.2. The first-order valence-electron chi connectivity index (χ1n) is 14.2. The fraction of sp³-hybridized carbons (Fsp3) is 0.114. The molecule has 232 valence electrons. The summed E-state index contributed by atoms with van der Waals surface area (Å²) >= 11 is 1.26. The molecule has 5 amide bonds. The van der Waals surface area contributed by atoms with Gasteiger partial charge in [0, 0.05) is 35.2 Å². The molecule has 1 atom stereocenters. The molecule has 0 saturated carbocycles. The Kier molecular flexibility index (Phi) is 9.94. The number of rotatable bonds is 10. The zero-order chi connectivity index (χ0) is 32.6. The second-order valence-corrected chi connectivity index (χ2v) is 11.5. The van der Waals surface area contributed by atoms with E-state index in [1.165, 1.54) is 18.7 Å². The molecule has 1 heterocycles. The van der Waals surface area contributed by atoms with Gasteiger partial charge in [0.1, 0.15) is 11.4 Å². The number of ether oxygens (including phenoxy) is 1. The number of anilines is 3. The molecule has 0 bridgehead atoms. The second kappa shape index (κ2) is 14.4. The predicted octanol–water partition coefficient (Wildman–Crippen LogP) is 5.49. The smallest absolute Gasteiger partial charge is 0.272 e. The maximum atomic E-state index is 13.4. The third-order valence-electron chi connectivity index (χ3n) is 6.88. The molecule has 4 aromatic rings. The minimum absolute atomic E-state index is 0.0285. The van der Waals surface area contributed by atoms with Gasteiger partial charge in [-0.1, -0.05) is 30.3 Å². The van der Waals surface area contributed by atoms with Crippen molar-refractivity contribution in [2.75, 3.05) is 22.6 Å². The predicted molar refractivity (Wildman–Crippen MR) is 177 cm³/mol. The lowest BCUT2D eigenvalue weighted by atomic mass is 10.1. The average molecular weight is 635 g/mol. The van der Waals surface area contributed by atoms with Crippen molar-refractivity contribution >= 4 is 64.4 Å². The SMILES string of the molecule is COc1cccc(/C=C(\NC(=O)c2ccccc2)C(=O)Nc2ccc(SC3CC(=O)N(c4ccc(NC(C)=O)cc4)C3=O)cc2)c1. The molecule has 0 spiro atoms. The molecule has 3 N–H and O–H groups in total. The Labute approximate surface area is 269 Å². The van der Waals surface area contributed by atoms with Crippen LogP contribution in [0.5, 0.6) is 5.75 Å². The van der Waals surface area contributed by atoms with E-state index < -0.39 is 17.1 Å². The molecule has 46 heavy (non-hydrogen) atoms. The number of imide groups is 1. The highest BCUT2D eigenvalue weighted by molar-refractivity contribution is 8.00. The number of benzene rings is 4. The lowest BCUT2D eigenvalue weighted by Gasteiger charge is -2.15. The number of hydrogen-bond acceptors (Lipinski definition) is 7. The fourth-order valence-electron chi connectivity index (χ4n) is 4.68. The highest BCUT2D eigenvalue weighted by atomic mass is 32.2. The van der Waals surface area contributed by atoms with Gasteiger partial charge in [-0.15, -0.1) is 11.8 Å². The van der Waals surface area contributed by atoms with E-state index in [9.17, 15) is 24.0 Å². The maximum absolute atomic E-state index is 13.4. The summed E-state index contributed by atoms with van der Waals surface area (Å²) in [5.41, 5.74) is 2.54. The van der Waals surface area contributed by atoms with Crippen LogP contribution in [-0.2, 0) is 19.2 Å². The average Bonchev–Trinajstić information content (AvgIpc) is 3.33. The van der Waals surface area contributed by atoms with Crippen LogP contribution in [0.25, 0.3) is 6.08 Å². The normalized spacial score (nSPS) is 14.5. The first kappa shape index (κ1) is 31.7. The maximum Gasteiger partial charge on any atom is 0.272 e. The Morgan fingerprint density at radius 1 is 0.848 bits per heavy atom. The molecule has 1 saturated heterocycles. The van der Waals surface area contributed by atoms with Gasteiger partial charge in [-0.25, -0.2) is 4.90 Å². The number of hydrogen-bond donors (Lipinski definition) is 3. The zero-order valence-electron chi connectivity index (χ0n) is 25.0. The lowest BCUT2D eigenvalue weighted by molar-refractivity contribution is -0.121. The summed E-state index contributed by atoms with van der Waals surface area (Å²) in [6, 6.07) is 29.0. The van der Waals surface area contributed by atoms with Gasteiger partial charge in [-0.3, -0.25) is 24.0 Å². The lowest BCUT2D eigenvalue weighted by Crippen LogP contribution is -2.31. The van der Waals surface area contributed by atoms with Crippen LogP contribution in [0.2, 0.25) is 0 Å². The molecule has 10 nitrogen and oxygen atoms in total. The number of nitrogens with zero attached hydrogens (tertiary/aromatic N) is 1. The van der Waals surface area contributed by atoms with Crippen LogP contribution in [0.4, 0.5) is 17.1 Å². The number of thioether (sulfide) groups is 1. The molecule has 5 rings (SSSR count). The first-order valence-corrected chi connectivity index (χ1v) is 15.1. The minimum Gasteiger partial charge on any atom is -0.497 e. The Morgan fingerprint density at radius 3 is 2.20 bits per heavy atom. The molecule has 1 fully saturated rings. The Hall–Kier alpha value is -5.68. The van der Waals surface area contributed by atoms with Gasteiger partial charge in [0.15, 0.2) is 0 Å². The number of nitrogens with one attached hydrogen (secondary N) is 3. The summed E-state index contributed by atoms with van der Waals surface area (Å²) in [6.07, 6.45) is 1.60. The van der Waals surface area contributed by atoms with Gasteiger partial charge in [0.05, 0.1) is 18.0 Å². The van der Waals surface area contributed by atoms with E-state index in [4.69, 9.17) is 4.74 Å². The zero-order valence-corrected chi connectivity index (χ0v) is 25.8.